The maximum Gasteiger partial charge on any atom is 0.490 e. The quantitative estimate of drug-likeness (QED) is 0.297. The highest BCUT2D eigenvalue weighted by Crippen LogP contribution is 2.57. The van der Waals surface area contributed by atoms with Crippen molar-refractivity contribution in [3.05, 3.63) is 74.7 Å². The molecule has 0 saturated carbocycles. The van der Waals surface area contributed by atoms with Crippen LogP contribution in [0, 0.1) is 13.8 Å². The summed E-state index contributed by atoms with van der Waals surface area (Å²) < 4.78 is 20.5. The minimum atomic E-state index is -3.16. The number of fused-ring (bicyclic) bond motifs is 2. The molecule has 28 heavy (non-hydrogen) atoms. The van der Waals surface area contributed by atoms with Crippen LogP contribution >= 0.6 is 50.3 Å². The Morgan fingerprint density at radius 2 is 1.43 bits per heavy atom. The fourth-order valence-electron chi connectivity index (χ4n) is 2.62. The Morgan fingerprint density at radius 3 is 2.00 bits per heavy atom. The number of benzene rings is 3. The van der Waals surface area contributed by atoms with Crippen LogP contribution in [0.4, 0.5) is 0 Å². The predicted octanol–water partition coefficient (Wildman–Crippen LogP) is 8.05. The molecule has 0 spiro atoms. The van der Waals surface area contributed by atoms with Crippen molar-refractivity contribution in [2.45, 2.75) is 23.6 Å². The molecule has 0 fully saturated rings. The number of rotatable bonds is 2. The van der Waals surface area contributed by atoms with E-state index in [9.17, 15) is 0 Å². The van der Waals surface area contributed by atoms with Gasteiger partial charge in [0.05, 0.1) is 9.79 Å². The zero-order valence-corrected chi connectivity index (χ0v) is 20.6. The molecule has 4 rings (SSSR count). The first-order chi connectivity index (χ1) is 13.3. The van der Waals surface area contributed by atoms with Crippen LogP contribution in [0.5, 0.6) is 17.2 Å². The van der Waals surface area contributed by atoms with Gasteiger partial charge >= 0.3 is 6.72 Å². The lowest BCUT2D eigenvalue weighted by Crippen LogP contribution is -2.10. The van der Waals surface area contributed by atoms with Gasteiger partial charge in [0.2, 0.25) is 0 Å². The first-order valence-electron chi connectivity index (χ1n) is 8.34. The molecule has 0 atom stereocenters. The Bertz CT molecular complexity index is 1060. The molecule has 3 aromatic carbocycles. The number of hydrogen-bond acceptors (Lipinski definition) is 5. The molecular formula is C20H15Br2O3PS2. The highest BCUT2D eigenvalue weighted by atomic mass is 79.9. The Hall–Kier alpha value is -0.980. The lowest BCUT2D eigenvalue weighted by molar-refractivity contribution is 0.374. The van der Waals surface area contributed by atoms with Gasteiger partial charge in [0.15, 0.2) is 0 Å². The Labute approximate surface area is 190 Å². The van der Waals surface area contributed by atoms with E-state index in [1.165, 1.54) is 0 Å². The van der Waals surface area contributed by atoms with E-state index in [2.05, 4.69) is 31.9 Å². The summed E-state index contributed by atoms with van der Waals surface area (Å²) in [6.45, 7) is 0.831. The second-order valence-corrected chi connectivity index (χ2v) is 12.0. The standard InChI is InChI=1S/C20H15Br2O3PS2/c1-12-3-4-13(2)18(9-12)25-26(27)23-16-7-5-14(21)10-19(16)28-20-11-15(22)6-8-17(20)24-26/h3-11H,1-2H3. The van der Waals surface area contributed by atoms with Crippen LogP contribution < -0.4 is 13.6 Å². The van der Waals surface area contributed by atoms with Gasteiger partial charge in [-0.3, -0.25) is 0 Å². The second-order valence-electron chi connectivity index (χ2n) is 6.27. The summed E-state index contributed by atoms with van der Waals surface area (Å²) in [7, 11) is 0. The fourth-order valence-corrected chi connectivity index (χ4v) is 6.87. The minimum absolute atomic E-state index is 0.646. The third-order valence-electron chi connectivity index (χ3n) is 4.01. The van der Waals surface area contributed by atoms with E-state index in [-0.39, 0.29) is 0 Å². The van der Waals surface area contributed by atoms with E-state index in [1.807, 2.05) is 68.4 Å². The molecular weight excluding hydrogens is 543 g/mol. The maximum absolute atomic E-state index is 6.21. The lowest BCUT2D eigenvalue weighted by atomic mass is 10.1. The largest absolute Gasteiger partial charge is 0.490 e. The van der Waals surface area contributed by atoms with Crippen molar-refractivity contribution < 1.29 is 13.6 Å². The van der Waals surface area contributed by atoms with Crippen LogP contribution in [0.3, 0.4) is 0 Å². The molecule has 1 heterocycles. The minimum Gasteiger partial charge on any atom is -0.407 e. The third-order valence-corrected chi connectivity index (χ3v) is 8.00. The lowest BCUT2D eigenvalue weighted by Gasteiger charge is -2.28. The molecule has 0 radical (unpaired) electrons. The van der Waals surface area contributed by atoms with Gasteiger partial charge in [-0.05, 0) is 67.4 Å². The van der Waals surface area contributed by atoms with E-state index < -0.39 is 6.72 Å². The Balaban J connectivity index is 1.83. The van der Waals surface area contributed by atoms with Gasteiger partial charge in [0, 0.05) is 20.8 Å². The SMILES string of the molecule is Cc1ccc(C)c(OP2(=S)Oc3ccc(Br)cc3Sc3cc(Br)ccc3O2)c1. The molecule has 0 bridgehead atoms. The van der Waals surface area contributed by atoms with Crippen LogP contribution in [0.15, 0.2) is 73.3 Å². The summed E-state index contributed by atoms with van der Waals surface area (Å²) >= 11 is 14.4. The molecule has 3 aromatic rings. The van der Waals surface area contributed by atoms with E-state index >= 15 is 0 Å². The summed E-state index contributed by atoms with van der Waals surface area (Å²) in [6, 6.07) is 17.6. The average Bonchev–Trinajstić information content (AvgIpc) is 2.62. The van der Waals surface area contributed by atoms with Gasteiger partial charge < -0.3 is 13.6 Å². The number of aryl methyl sites for hydroxylation is 2. The van der Waals surface area contributed by atoms with Crippen LogP contribution in [0.2, 0.25) is 0 Å². The van der Waals surface area contributed by atoms with Crippen LogP contribution in [0.25, 0.3) is 0 Å². The van der Waals surface area contributed by atoms with Gasteiger partial charge in [-0.15, -0.1) is 0 Å². The average molecular weight is 558 g/mol. The first kappa shape index (κ1) is 20.3. The summed E-state index contributed by atoms with van der Waals surface area (Å²) in [6.07, 6.45) is 0. The topological polar surface area (TPSA) is 27.7 Å². The fraction of sp³-hybridized carbons (Fsp3) is 0.100. The zero-order valence-electron chi connectivity index (χ0n) is 14.9. The smallest absolute Gasteiger partial charge is 0.407 e. The molecule has 0 aromatic heterocycles. The van der Waals surface area contributed by atoms with Crippen LogP contribution in [-0.2, 0) is 11.8 Å². The molecule has 3 nitrogen and oxygen atoms in total. The summed E-state index contributed by atoms with van der Waals surface area (Å²) in [5, 5.41) is 0. The van der Waals surface area contributed by atoms with Crippen LogP contribution in [-0.4, -0.2) is 0 Å². The van der Waals surface area contributed by atoms with Crippen molar-refractivity contribution in [1.82, 2.24) is 0 Å². The first-order valence-corrected chi connectivity index (χ1v) is 13.3. The van der Waals surface area contributed by atoms with Crippen molar-refractivity contribution in [2.24, 2.45) is 0 Å². The predicted molar refractivity (Wildman–Crippen MR) is 124 cm³/mol. The molecule has 0 saturated heterocycles. The van der Waals surface area contributed by atoms with Gasteiger partial charge in [-0.25, -0.2) is 0 Å². The van der Waals surface area contributed by atoms with E-state index in [0.717, 1.165) is 29.9 Å². The molecule has 0 amide bonds. The zero-order chi connectivity index (χ0) is 19.9. The van der Waals surface area contributed by atoms with E-state index in [0.29, 0.717) is 17.2 Å². The van der Waals surface area contributed by atoms with E-state index in [1.54, 1.807) is 11.8 Å². The third kappa shape index (κ3) is 4.44. The van der Waals surface area contributed by atoms with Gasteiger partial charge in [0.1, 0.15) is 17.2 Å². The Kier molecular flexibility index (Phi) is 5.83. The van der Waals surface area contributed by atoms with Crippen LogP contribution in [0.1, 0.15) is 11.1 Å². The molecule has 1 aliphatic rings. The highest BCUT2D eigenvalue weighted by Gasteiger charge is 2.32. The van der Waals surface area contributed by atoms with Gasteiger partial charge in [0.25, 0.3) is 0 Å². The van der Waals surface area contributed by atoms with Crippen molar-refractivity contribution in [2.75, 3.05) is 0 Å². The monoisotopic (exact) mass is 556 g/mol. The normalized spacial score (nSPS) is 14.6. The second kappa shape index (κ2) is 8.04. The summed E-state index contributed by atoms with van der Waals surface area (Å²) in [5.41, 5.74) is 2.06. The van der Waals surface area contributed by atoms with Crippen molar-refractivity contribution in [3.63, 3.8) is 0 Å². The molecule has 1 aliphatic heterocycles. The molecule has 0 aliphatic carbocycles. The maximum atomic E-state index is 6.21. The number of hydrogen-bond donors (Lipinski definition) is 0. The Morgan fingerprint density at radius 1 is 0.857 bits per heavy atom. The van der Waals surface area contributed by atoms with Crippen molar-refractivity contribution in [1.29, 1.82) is 0 Å². The summed E-state index contributed by atoms with van der Waals surface area (Å²) in [5.74, 6) is 1.97. The molecule has 0 unspecified atom stereocenters. The number of halogens is 2. The van der Waals surface area contributed by atoms with Crippen molar-refractivity contribution in [3.8, 4) is 17.2 Å². The highest BCUT2D eigenvalue weighted by molar-refractivity contribution is 9.10. The van der Waals surface area contributed by atoms with Crippen molar-refractivity contribution >= 4 is 62.1 Å². The summed E-state index contributed by atoms with van der Waals surface area (Å²) in [4.78, 5) is 1.88. The van der Waals surface area contributed by atoms with E-state index in [4.69, 9.17) is 25.4 Å². The van der Waals surface area contributed by atoms with Gasteiger partial charge in [-0.2, -0.15) is 0 Å². The molecule has 144 valence electrons. The van der Waals surface area contributed by atoms with Gasteiger partial charge in [-0.1, -0.05) is 55.8 Å². The molecule has 8 heteroatoms. The molecule has 0 N–H and O–H groups in total.